The normalized spacial score (nSPS) is 21.0. The SMILES string of the molecule is N#Cc1ccc2c(c1)CC(NC(=O)C(=O)NCCN1CCCS1(=O)=O)C2. The molecule has 138 valence electrons. The van der Waals surface area contributed by atoms with Gasteiger partial charge in [0, 0.05) is 25.7 Å². The summed E-state index contributed by atoms with van der Waals surface area (Å²) in [6, 6.07) is 7.31. The molecule has 0 radical (unpaired) electrons. The smallest absolute Gasteiger partial charge is 0.309 e. The Morgan fingerprint density at radius 2 is 2.00 bits per heavy atom. The molecular formula is C17H20N4O4S. The number of nitriles is 1. The van der Waals surface area contributed by atoms with Crippen LogP contribution in [0.2, 0.25) is 0 Å². The van der Waals surface area contributed by atoms with Gasteiger partial charge in [0.2, 0.25) is 10.0 Å². The molecule has 0 bridgehead atoms. The summed E-state index contributed by atoms with van der Waals surface area (Å²) < 4.78 is 24.7. The van der Waals surface area contributed by atoms with E-state index in [0.717, 1.165) is 11.1 Å². The lowest BCUT2D eigenvalue weighted by Gasteiger charge is -2.15. The van der Waals surface area contributed by atoms with E-state index in [4.69, 9.17) is 5.26 Å². The largest absolute Gasteiger partial charge is 0.347 e. The third-order valence-corrected chi connectivity index (χ3v) is 6.62. The van der Waals surface area contributed by atoms with Crippen molar-refractivity contribution in [1.29, 1.82) is 5.26 Å². The molecule has 1 unspecified atom stereocenters. The van der Waals surface area contributed by atoms with Crippen molar-refractivity contribution in [2.45, 2.75) is 25.3 Å². The second kappa shape index (κ2) is 7.43. The first kappa shape index (κ1) is 18.4. The van der Waals surface area contributed by atoms with Crippen LogP contribution in [0.5, 0.6) is 0 Å². The number of rotatable bonds is 4. The predicted molar refractivity (Wildman–Crippen MR) is 93.5 cm³/mol. The molecule has 0 saturated carbocycles. The Balaban J connectivity index is 1.45. The van der Waals surface area contributed by atoms with E-state index in [1.807, 2.05) is 6.07 Å². The van der Waals surface area contributed by atoms with Gasteiger partial charge < -0.3 is 10.6 Å². The quantitative estimate of drug-likeness (QED) is 0.673. The van der Waals surface area contributed by atoms with E-state index in [9.17, 15) is 18.0 Å². The first-order valence-corrected chi connectivity index (χ1v) is 10.1. The van der Waals surface area contributed by atoms with Crippen LogP contribution in [0.1, 0.15) is 23.1 Å². The number of amides is 2. The summed E-state index contributed by atoms with van der Waals surface area (Å²) in [6.45, 7) is 0.727. The first-order valence-electron chi connectivity index (χ1n) is 8.47. The number of sulfonamides is 1. The van der Waals surface area contributed by atoms with Gasteiger partial charge in [-0.1, -0.05) is 6.07 Å². The highest BCUT2D eigenvalue weighted by Crippen LogP contribution is 2.23. The van der Waals surface area contributed by atoms with Gasteiger partial charge in [0.1, 0.15) is 0 Å². The Kier molecular flexibility index (Phi) is 5.25. The van der Waals surface area contributed by atoms with E-state index in [1.165, 1.54) is 4.31 Å². The Morgan fingerprint density at radius 3 is 2.69 bits per heavy atom. The lowest BCUT2D eigenvalue weighted by Crippen LogP contribution is -2.46. The molecule has 26 heavy (non-hydrogen) atoms. The monoisotopic (exact) mass is 376 g/mol. The van der Waals surface area contributed by atoms with Crippen molar-refractivity contribution >= 4 is 21.8 Å². The van der Waals surface area contributed by atoms with Crippen LogP contribution in [0.25, 0.3) is 0 Å². The minimum atomic E-state index is -3.20. The Hall–Kier alpha value is -2.44. The van der Waals surface area contributed by atoms with Crippen molar-refractivity contribution in [3.05, 3.63) is 34.9 Å². The lowest BCUT2D eigenvalue weighted by atomic mass is 10.1. The molecule has 9 heteroatoms. The topological polar surface area (TPSA) is 119 Å². The molecule has 3 rings (SSSR count). The van der Waals surface area contributed by atoms with E-state index in [1.54, 1.807) is 12.1 Å². The maximum atomic E-state index is 12.0. The van der Waals surface area contributed by atoms with Crippen LogP contribution < -0.4 is 10.6 Å². The standard InChI is InChI=1S/C17H20N4O4S/c18-11-12-2-3-13-9-15(10-14(13)8-12)20-17(23)16(22)19-4-6-21-5-1-7-26(21,24)25/h2-3,8,15H,1,4-7,9-10H2,(H,19,22)(H,20,23). The first-order chi connectivity index (χ1) is 12.4. The van der Waals surface area contributed by atoms with Gasteiger partial charge in [-0.2, -0.15) is 5.26 Å². The summed E-state index contributed by atoms with van der Waals surface area (Å²) in [7, 11) is -3.20. The zero-order valence-corrected chi connectivity index (χ0v) is 15.0. The van der Waals surface area contributed by atoms with Crippen LogP contribution in [0, 0.1) is 11.3 Å². The maximum absolute atomic E-state index is 12.0. The fraction of sp³-hybridized carbons (Fsp3) is 0.471. The number of fused-ring (bicyclic) bond motifs is 1. The lowest BCUT2D eigenvalue weighted by molar-refractivity contribution is -0.139. The van der Waals surface area contributed by atoms with Gasteiger partial charge >= 0.3 is 11.8 Å². The van der Waals surface area contributed by atoms with E-state index in [-0.39, 0.29) is 24.9 Å². The molecular weight excluding hydrogens is 356 g/mol. The number of carbonyl (C=O) groups is 2. The summed E-state index contributed by atoms with van der Waals surface area (Å²) in [5.41, 5.74) is 2.65. The maximum Gasteiger partial charge on any atom is 0.309 e. The van der Waals surface area contributed by atoms with Gasteiger partial charge in [-0.25, -0.2) is 12.7 Å². The molecule has 2 amide bonds. The molecule has 1 saturated heterocycles. The number of hydrogen-bond donors (Lipinski definition) is 2. The van der Waals surface area contributed by atoms with Gasteiger partial charge in [-0.15, -0.1) is 0 Å². The van der Waals surface area contributed by atoms with Crippen molar-refractivity contribution in [3.8, 4) is 6.07 Å². The highest BCUT2D eigenvalue weighted by atomic mass is 32.2. The van der Waals surface area contributed by atoms with Crippen molar-refractivity contribution in [2.24, 2.45) is 0 Å². The average molecular weight is 376 g/mol. The van der Waals surface area contributed by atoms with E-state index in [2.05, 4.69) is 16.7 Å². The summed E-state index contributed by atoms with van der Waals surface area (Å²) in [6.07, 6.45) is 1.79. The van der Waals surface area contributed by atoms with Gasteiger partial charge in [0.25, 0.3) is 0 Å². The molecule has 2 aliphatic rings. The molecule has 2 N–H and O–H groups in total. The van der Waals surface area contributed by atoms with Gasteiger partial charge in [0.05, 0.1) is 17.4 Å². The molecule has 1 heterocycles. The fourth-order valence-electron chi connectivity index (χ4n) is 3.36. The van der Waals surface area contributed by atoms with Crippen molar-refractivity contribution < 1.29 is 18.0 Å². The number of nitrogens with zero attached hydrogens (tertiary/aromatic N) is 2. The third-order valence-electron chi connectivity index (χ3n) is 4.66. The van der Waals surface area contributed by atoms with Gasteiger partial charge in [-0.05, 0) is 42.5 Å². The molecule has 0 aromatic heterocycles. The number of benzene rings is 1. The Bertz CT molecular complexity index is 875. The van der Waals surface area contributed by atoms with Crippen molar-refractivity contribution in [2.75, 3.05) is 25.4 Å². The van der Waals surface area contributed by atoms with Crippen LogP contribution in [0.15, 0.2) is 18.2 Å². The Labute approximate surface area is 152 Å². The van der Waals surface area contributed by atoms with Crippen LogP contribution in [-0.2, 0) is 32.5 Å². The zero-order valence-electron chi connectivity index (χ0n) is 14.2. The average Bonchev–Trinajstić information content (AvgIpc) is 3.15. The molecule has 1 aliphatic carbocycles. The van der Waals surface area contributed by atoms with Crippen LogP contribution >= 0.6 is 0 Å². The predicted octanol–water partition coefficient (Wildman–Crippen LogP) is -0.707. The summed E-state index contributed by atoms with van der Waals surface area (Å²) in [5.74, 6) is -1.36. The van der Waals surface area contributed by atoms with Crippen LogP contribution in [0.4, 0.5) is 0 Å². The van der Waals surface area contributed by atoms with Gasteiger partial charge in [-0.3, -0.25) is 9.59 Å². The van der Waals surface area contributed by atoms with Crippen molar-refractivity contribution in [3.63, 3.8) is 0 Å². The minimum absolute atomic E-state index is 0.0991. The molecule has 1 fully saturated rings. The fourth-order valence-corrected chi connectivity index (χ4v) is 4.89. The summed E-state index contributed by atoms with van der Waals surface area (Å²) in [5, 5.41) is 14.1. The minimum Gasteiger partial charge on any atom is -0.347 e. The highest BCUT2D eigenvalue weighted by Gasteiger charge is 2.28. The second-order valence-electron chi connectivity index (χ2n) is 6.50. The molecule has 8 nitrogen and oxygen atoms in total. The molecule has 1 aromatic rings. The third kappa shape index (κ3) is 4.03. The van der Waals surface area contributed by atoms with E-state index < -0.39 is 21.8 Å². The molecule has 1 aliphatic heterocycles. The molecule has 1 atom stereocenters. The zero-order chi connectivity index (χ0) is 18.7. The number of hydrogen-bond acceptors (Lipinski definition) is 5. The summed E-state index contributed by atoms with van der Waals surface area (Å²) >= 11 is 0. The molecule has 1 aromatic carbocycles. The van der Waals surface area contributed by atoms with Crippen LogP contribution in [0.3, 0.4) is 0 Å². The van der Waals surface area contributed by atoms with Crippen LogP contribution in [-0.4, -0.2) is 56.0 Å². The number of carbonyl (C=O) groups excluding carboxylic acids is 2. The van der Waals surface area contributed by atoms with E-state index in [0.29, 0.717) is 31.4 Å². The summed E-state index contributed by atoms with van der Waals surface area (Å²) in [4.78, 5) is 23.9. The Morgan fingerprint density at radius 1 is 1.23 bits per heavy atom. The molecule has 0 spiro atoms. The van der Waals surface area contributed by atoms with E-state index >= 15 is 0 Å². The highest BCUT2D eigenvalue weighted by molar-refractivity contribution is 7.89. The number of nitrogens with one attached hydrogen (secondary N) is 2. The van der Waals surface area contributed by atoms with Gasteiger partial charge in [0.15, 0.2) is 0 Å². The van der Waals surface area contributed by atoms with Crippen molar-refractivity contribution in [1.82, 2.24) is 14.9 Å². The second-order valence-corrected chi connectivity index (χ2v) is 8.59.